The molecule has 0 aliphatic rings. The molecule has 0 amide bonds. The molecule has 8 heteroatoms. The molecule has 0 aliphatic carbocycles. The van der Waals surface area contributed by atoms with Crippen molar-refractivity contribution in [3.63, 3.8) is 0 Å². The van der Waals surface area contributed by atoms with E-state index in [0.717, 1.165) is 11.1 Å². The molecule has 0 radical (unpaired) electrons. The Morgan fingerprint density at radius 3 is 2.36 bits per heavy atom. The Kier molecular flexibility index (Phi) is 3.35. The van der Waals surface area contributed by atoms with Crippen molar-refractivity contribution in [2.24, 2.45) is 0 Å². The Labute approximate surface area is 140 Å². The molecule has 1 heterocycles. The van der Waals surface area contributed by atoms with E-state index in [1.165, 1.54) is 0 Å². The third-order valence-corrected chi connectivity index (χ3v) is 3.80. The molecule has 8 nitrogen and oxygen atoms in total. The number of anilines is 2. The zero-order valence-corrected chi connectivity index (χ0v) is 12.7. The predicted octanol–water partition coefficient (Wildman–Crippen LogP) is 1.58. The molecule has 1 aromatic heterocycles. The van der Waals surface area contributed by atoms with Crippen LogP contribution >= 0.6 is 0 Å². The molecule has 3 aromatic carbocycles. The van der Waals surface area contributed by atoms with Crippen LogP contribution in [-0.2, 0) is 0 Å². The standard InChI is InChI=1S/C17H11N5O3/c23-14-13(15(24)16(14)25)18-12-7-10(9-4-2-1-3-5-9)6-11(8-12)17-19-21-22-20-17/h1-8,18,23H,(H,19,20,21,22). The largest absolute Gasteiger partial charge is 0.502 e. The second-order valence-corrected chi connectivity index (χ2v) is 5.41. The van der Waals surface area contributed by atoms with E-state index in [4.69, 9.17) is 0 Å². The minimum Gasteiger partial charge on any atom is -0.502 e. The Balaban J connectivity index is 1.82. The van der Waals surface area contributed by atoms with Gasteiger partial charge in [0.25, 0.3) is 10.9 Å². The van der Waals surface area contributed by atoms with E-state index in [1.54, 1.807) is 12.1 Å². The van der Waals surface area contributed by atoms with Crippen LogP contribution in [0.4, 0.5) is 11.4 Å². The van der Waals surface area contributed by atoms with E-state index < -0.39 is 16.6 Å². The van der Waals surface area contributed by atoms with E-state index in [2.05, 4.69) is 25.9 Å². The van der Waals surface area contributed by atoms with E-state index in [1.807, 2.05) is 36.4 Å². The normalized spacial score (nSPS) is 10.9. The molecule has 0 unspecified atom stereocenters. The summed E-state index contributed by atoms with van der Waals surface area (Å²) in [6, 6.07) is 15.0. The molecule has 0 fully saturated rings. The van der Waals surface area contributed by atoms with Gasteiger partial charge in [-0.2, -0.15) is 5.21 Å². The average Bonchev–Trinajstić information content (AvgIpc) is 3.20. The maximum atomic E-state index is 11.6. The van der Waals surface area contributed by atoms with Gasteiger partial charge in [0.15, 0.2) is 5.75 Å². The van der Waals surface area contributed by atoms with Gasteiger partial charge in [0, 0.05) is 11.3 Å². The highest BCUT2D eigenvalue weighted by Crippen LogP contribution is 2.31. The average molecular weight is 333 g/mol. The lowest BCUT2D eigenvalue weighted by Crippen LogP contribution is -2.32. The fraction of sp³-hybridized carbons (Fsp3) is 0. The van der Waals surface area contributed by atoms with Crippen molar-refractivity contribution in [1.29, 1.82) is 0 Å². The summed E-state index contributed by atoms with van der Waals surface area (Å²) in [4.78, 5) is 22.7. The van der Waals surface area contributed by atoms with Gasteiger partial charge in [0.1, 0.15) is 5.69 Å². The highest BCUT2D eigenvalue weighted by atomic mass is 16.3. The lowest BCUT2D eigenvalue weighted by atomic mass is 10.0. The highest BCUT2D eigenvalue weighted by Gasteiger charge is 2.20. The molecule has 0 aliphatic heterocycles. The zero-order chi connectivity index (χ0) is 17.4. The van der Waals surface area contributed by atoms with Crippen molar-refractivity contribution in [1.82, 2.24) is 20.6 Å². The highest BCUT2D eigenvalue weighted by molar-refractivity contribution is 5.79. The van der Waals surface area contributed by atoms with Crippen LogP contribution in [0, 0.1) is 0 Å². The van der Waals surface area contributed by atoms with Crippen molar-refractivity contribution in [3.05, 3.63) is 69.0 Å². The SMILES string of the molecule is O=c1c(O)c(Nc2cc(-c3ccccc3)cc(-c3nn[nH]n3)c2)c1=O. The van der Waals surface area contributed by atoms with Crippen LogP contribution in [0.3, 0.4) is 0 Å². The number of aromatic amines is 1. The number of H-pyrrole nitrogens is 1. The first-order valence-corrected chi connectivity index (χ1v) is 7.37. The van der Waals surface area contributed by atoms with Crippen molar-refractivity contribution in [2.45, 2.75) is 0 Å². The summed E-state index contributed by atoms with van der Waals surface area (Å²) < 4.78 is 0. The quantitative estimate of drug-likeness (QED) is 0.485. The number of benzene rings is 2. The molecule has 122 valence electrons. The minimum absolute atomic E-state index is 0.116. The van der Waals surface area contributed by atoms with Gasteiger partial charge in [-0.3, -0.25) is 9.59 Å². The fourth-order valence-electron chi connectivity index (χ4n) is 2.55. The predicted molar refractivity (Wildman–Crippen MR) is 91.4 cm³/mol. The maximum absolute atomic E-state index is 11.6. The molecule has 3 N–H and O–H groups in total. The summed E-state index contributed by atoms with van der Waals surface area (Å²) >= 11 is 0. The fourth-order valence-corrected chi connectivity index (χ4v) is 2.55. The van der Waals surface area contributed by atoms with Gasteiger partial charge in [-0.1, -0.05) is 30.3 Å². The smallest absolute Gasteiger partial charge is 0.271 e. The first-order valence-electron chi connectivity index (χ1n) is 7.37. The third kappa shape index (κ3) is 2.55. The van der Waals surface area contributed by atoms with Crippen LogP contribution < -0.4 is 16.2 Å². The van der Waals surface area contributed by atoms with Gasteiger partial charge < -0.3 is 10.4 Å². The molecule has 0 spiro atoms. The Bertz CT molecular complexity index is 1110. The summed E-state index contributed by atoms with van der Waals surface area (Å²) in [7, 11) is 0. The number of aromatic hydroxyl groups is 1. The monoisotopic (exact) mass is 333 g/mol. The Morgan fingerprint density at radius 2 is 1.68 bits per heavy atom. The van der Waals surface area contributed by atoms with Crippen molar-refractivity contribution in [3.8, 4) is 28.3 Å². The number of tetrazole rings is 1. The van der Waals surface area contributed by atoms with Crippen molar-refractivity contribution >= 4 is 11.4 Å². The Morgan fingerprint density at radius 1 is 0.920 bits per heavy atom. The van der Waals surface area contributed by atoms with E-state index in [-0.39, 0.29) is 5.69 Å². The van der Waals surface area contributed by atoms with Crippen LogP contribution in [0.2, 0.25) is 0 Å². The maximum Gasteiger partial charge on any atom is 0.271 e. The molecule has 0 saturated heterocycles. The number of nitrogens with zero attached hydrogens (tertiary/aromatic N) is 3. The molecular weight excluding hydrogens is 322 g/mol. The molecular formula is C17H11N5O3. The third-order valence-electron chi connectivity index (χ3n) is 3.80. The second kappa shape index (κ2) is 5.68. The molecule has 0 bridgehead atoms. The molecule has 4 rings (SSSR count). The molecule has 4 aromatic rings. The molecule has 0 atom stereocenters. The lowest BCUT2D eigenvalue weighted by molar-refractivity contribution is 0.466. The Hall–Kier alpha value is -3.81. The topological polar surface area (TPSA) is 121 Å². The van der Waals surface area contributed by atoms with Crippen molar-refractivity contribution < 1.29 is 5.11 Å². The van der Waals surface area contributed by atoms with Gasteiger partial charge in [-0.15, -0.1) is 10.2 Å². The van der Waals surface area contributed by atoms with Gasteiger partial charge in [0.05, 0.1) is 0 Å². The molecule has 0 saturated carbocycles. The summed E-state index contributed by atoms with van der Waals surface area (Å²) in [6.45, 7) is 0. The summed E-state index contributed by atoms with van der Waals surface area (Å²) in [5.74, 6) is -0.175. The number of rotatable bonds is 4. The summed E-state index contributed by atoms with van der Waals surface area (Å²) in [5.41, 5.74) is 1.23. The second-order valence-electron chi connectivity index (χ2n) is 5.41. The van der Waals surface area contributed by atoms with E-state index in [0.29, 0.717) is 17.1 Å². The number of aromatic nitrogens is 4. The first kappa shape index (κ1) is 14.8. The van der Waals surface area contributed by atoms with E-state index >= 15 is 0 Å². The van der Waals surface area contributed by atoms with Crippen LogP contribution in [0.5, 0.6) is 5.75 Å². The van der Waals surface area contributed by atoms with Crippen molar-refractivity contribution in [2.75, 3.05) is 5.32 Å². The summed E-state index contributed by atoms with van der Waals surface area (Å²) in [6.07, 6.45) is 0. The lowest BCUT2D eigenvalue weighted by Gasteiger charge is -2.12. The number of nitrogens with one attached hydrogen (secondary N) is 2. The molecule has 25 heavy (non-hydrogen) atoms. The summed E-state index contributed by atoms with van der Waals surface area (Å²) in [5, 5.41) is 26.2. The van der Waals surface area contributed by atoms with Crippen LogP contribution in [0.15, 0.2) is 58.1 Å². The first-order chi connectivity index (χ1) is 12.1. The zero-order valence-electron chi connectivity index (χ0n) is 12.7. The van der Waals surface area contributed by atoms with Gasteiger partial charge in [0.2, 0.25) is 5.82 Å². The minimum atomic E-state index is -0.889. The van der Waals surface area contributed by atoms with Gasteiger partial charge >= 0.3 is 0 Å². The van der Waals surface area contributed by atoms with E-state index in [9.17, 15) is 14.7 Å². The van der Waals surface area contributed by atoms with Gasteiger partial charge in [-0.05, 0) is 34.5 Å². The number of hydrogen-bond acceptors (Lipinski definition) is 7. The van der Waals surface area contributed by atoms with Crippen LogP contribution in [-0.4, -0.2) is 25.7 Å². The number of hydrogen-bond donors (Lipinski definition) is 3. The van der Waals surface area contributed by atoms with Crippen LogP contribution in [0.1, 0.15) is 0 Å². The van der Waals surface area contributed by atoms with Gasteiger partial charge in [-0.25, -0.2) is 0 Å². The van der Waals surface area contributed by atoms with Crippen LogP contribution in [0.25, 0.3) is 22.5 Å².